The largest absolute Gasteiger partial charge is 0.319 e. The average Bonchev–Trinajstić information content (AvgIpc) is 2.67. The van der Waals surface area contributed by atoms with Crippen molar-refractivity contribution in [2.24, 2.45) is 9.98 Å². The molecule has 0 atom stereocenters. The molecule has 0 aliphatic heterocycles. The van der Waals surface area contributed by atoms with Crippen molar-refractivity contribution in [3.05, 3.63) is 97.1 Å². The summed E-state index contributed by atoms with van der Waals surface area (Å²) < 4.78 is 0. The third-order valence-corrected chi connectivity index (χ3v) is 2.30. The number of rotatable bonds is 2. The van der Waals surface area contributed by atoms with E-state index >= 15 is 0 Å². The standard InChI is InChI=1S/2C7H4NO.C6H4.2Y/c2*9-6-8-7-4-2-1-3-5-7;1-2-4-6-5-3-1;;/h2*2-5H;1-2,5-6H;;/q2*-1;-2;;. The van der Waals surface area contributed by atoms with Gasteiger partial charge < -0.3 is 12.1 Å². The molecular formula is C20H12N2O2Y2-4. The van der Waals surface area contributed by atoms with Crippen LogP contribution in [0.2, 0.25) is 0 Å². The van der Waals surface area contributed by atoms with Crippen LogP contribution < -0.4 is 0 Å². The van der Waals surface area contributed by atoms with Crippen LogP contribution in [0.15, 0.2) is 82.8 Å². The van der Waals surface area contributed by atoms with Gasteiger partial charge in [-0.15, -0.1) is 24.3 Å². The first kappa shape index (κ1) is 26.9. The van der Waals surface area contributed by atoms with E-state index in [0.29, 0.717) is 11.4 Å². The molecule has 0 aliphatic carbocycles. The van der Waals surface area contributed by atoms with Crippen LogP contribution in [-0.4, -0.2) is 12.2 Å². The minimum absolute atomic E-state index is 0. The Labute approximate surface area is 203 Å². The van der Waals surface area contributed by atoms with E-state index in [9.17, 15) is 9.59 Å². The molecule has 6 heteroatoms. The normalized spacial score (nSPS) is 7.38. The van der Waals surface area contributed by atoms with Gasteiger partial charge in [0.15, 0.2) is 0 Å². The Morgan fingerprint density at radius 1 is 0.538 bits per heavy atom. The number of nitrogens with zero attached hydrogens (tertiary/aromatic N) is 2. The van der Waals surface area contributed by atoms with Crippen LogP contribution in [0.4, 0.5) is 11.4 Å². The van der Waals surface area contributed by atoms with Gasteiger partial charge in [0.1, 0.15) is 0 Å². The van der Waals surface area contributed by atoms with Gasteiger partial charge in [-0.3, -0.25) is 24.3 Å². The second-order valence-electron chi connectivity index (χ2n) is 3.92. The van der Waals surface area contributed by atoms with E-state index in [1.165, 1.54) is 12.2 Å². The quantitative estimate of drug-likeness (QED) is 0.308. The second kappa shape index (κ2) is 19.9. The number of hydrogen-bond acceptors (Lipinski definition) is 4. The summed E-state index contributed by atoms with van der Waals surface area (Å²) in [4.78, 5) is 26.1. The maximum Gasteiger partial charge on any atom is 0.238 e. The Morgan fingerprint density at radius 3 is 1.04 bits per heavy atom. The summed E-state index contributed by atoms with van der Waals surface area (Å²) in [5, 5.41) is 0. The first-order chi connectivity index (χ1) is 11.9. The van der Waals surface area contributed by atoms with Crippen molar-refractivity contribution < 1.29 is 75.0 Å². The summed E-state index contributed by atoms with van der Waals surface area (Å²) in [7, 11) is 0. The topological polar surface area (TPSA) is 58.9 Å². The van der Waals surface area contributed by atoms with Crippen LogP contribution >= 0.6 is 0 Å². The Kier molecular flexibility index (Phi) is 20.6. The molecule has 0 heterocycles. The first-order valence-corrected chi connectivity index (χ1v) is 6.77. The van der Waals surface area contributed by atoms with Crippen LogP contribution in [0.1, 0.15) is 0 Å². The predicted molar refractivity (Wildman–Crippen MR) is 90.2 cm³/mol. The summed E-state index contributed by atoms with van der Waals surface area (Å²) in [5.74, 6) is 0. The Hall–Kier alpha value is -1.37. The van der Waals surface area contributed by atoms with Gasteiger partial charge in [0.2, 0.25) is 12.2 Å². The van der Waals surface area contributed by atoms with Crippen LogP contribution in [0.3, 0.4) is 0 Å². The SMILES string of the molecule is O=C=Nc1cc[c-]cc1.O=C=Nc1cc[c-]cc1.[Y].[Y].[c-]1cc[c-]cc1. The molecule has 0 amide bonds. The van der Waals surface area contributed by atoms with Crippen LogP contribution in [0.5, 0.6) is 0 Å². The first-order valence-electron chi connectivity index (χ1n) is 6.77. The molecule has 0 saturated heterocycles. The van der Waals surface area contributed by atoms with Gasteiger partial charge in [-0.1, -0.05) is 0 Å². The molecule has 0 fully saturated rings. The Bertz CT molecular complexity index is 692. The molecule has 0 bridgehead atoms. The van der Waals surface area contributed by atoms with Crippen molar-refractivity contribution in [2.75, 3.05) is 0 Å². The van der Waals surface area contributed by atoms with Crippen molar-refractivity contribution in [2.45, 2.75) is 0 Å². The summed E-state index contributed by atoms with van der Waals surface area (Å²) >= 11 is 0. The molecule has 0 aliphatic rings. The predicted octanol–water partition coefficient (Wildman–Crippen LogP) is 4.19. The zero-order valence-corrected chi connectivity index (χ0v) is 19.5. The fourth-order valence-corrected chi connectivity index (χ4v) is 1.31. The fraction of sp³-hybridized carbons (Fsp3) is 0. The smallest absolute Gasteiger partial charge is 0.238 e. The molecular weight excluding hydrogens is 478 g/mol. The third kappa shape index (κ3) is 14.9. The zero-order valence-electron chi connectivity index (χ0n) is 13.8. The van der Waals surface area contributed by atoms with Gasteiger partial charge in [-0.25, -0.2) is 9.59 Å². The molecule has 2 radical (unpaired) electrons. The summed E-state index contributed by atoms with van der Waals surface area (Å²) in [6.07, 6.45) is 2.89. The van der Waals surface area contributed by atoms with E-state index in [-0.39, 0.29) is 65.4 Å². The van der Waals surface area contributed by atoms with Gasteiger partial charge in [-0.05, 0) is 11.4 Å². The fourth-order valence-electron chi connectivity index (χ4n) is 1.31. The second-order valence-corrected chi connectivity index (χ2v) is 3.92. The summed E-state index contributed by atoms with van der Waals surface area (Å²) in [6.45, 7) is 0. The van der Waals surface area contributed by atoms with Crippen molar-refractivity contribution in [1.29, 1.82) is 0 Å². The minimum atomic E-state index is 0. The number of benzene rings is 3. The molecule has 3 aromatic carbocycles. The molecule has 3 rings (SSSR count). The van der Waals surface area contributed by atoms with Crippen molar-refractivity contribution in [1.82, 2.24) is 0 Å². The van der Waals surface area contributed by atoms with Crippen LogP contribution in [0.25, 0.3) is 0 Å². The molecule has 0 spiro atoms. The van der Waals surface area contributed by atoms with Crippen molar-refractivity contribution in [3.8, 4) is 0 Å². The monoisotopic (exact) mass is 490 g/mol. The number of hydrogen-bond donors (Lipinski definition) is 0. The van der Waals surface area contributed by atoms with E-state index < -0.39 is 0 Å². The molecule has 0 saturated carbocycles. The summed E-state index contributed by atoms with van der Waals surface area (Å²) in [6, 6.07) is 32.1. The Balaban J connectivity index is 0. The molecule has 0 unspecified atom stereocenters. The number of aliphatic imine (C=N–C) groups is 2. The van der Waals surface area contributed by atoms with Crippen molar-refractivity contribution >= 4 is 23.5 Å². The molecule has 4 nitrogen and oxygen atoms in total. The van der Waals surface area contributed by atoms with Crippen molar-refractivity contribution in [3.63, 3.8) is 0 Å². The molecule has 124 valence electrons. The molecule has 0 aromatic heterocycles. The molecule has 26 heavy (non-hydrogen) atoms. The molecule has 3 aromatic rings. The zero-order chi connectivity index (χ0) is 17.3. The van der Waals surface area contributed by atoms with E-state index in [1.807, 2.05) is 24.3 Å². The van der Waals surface area contributed by atoms with Crippen LogP contribution in [0, 0.1) is 24.3 Å². The van der Waals surface area contributed by atoms with Gasteiger partial charge in [0.25, 0.3) is 0 Å². The summed E-state index contributed by atoms with van der Waals surface area (Å²) in [5.41, 5.74) is 1.23. The number of carbonyl (C=O) groups excluding carboxylic acids is 2. The third-order valence-electron chi connectivity index (χ3n) is 2.30. The maximum atomic E-state index is 9.67. The Morgan fingerprint density at radius 2 is 0.808 bits per heavy atom. The van der Waals surface area contributed by atoms with Gasteiger partial charge in [0.05, 0.1) is 0 Å². The van der Waals surface area contributed by atoms with Gasteiger partial charge in [0, 0.05) is 65.4 Å². The van der Waals surface area contributed by atoms with E-state index in [1.54, 1.807) is 48.5 Å². The van der Waals surface area contributed by atoms with Gasteiger partial charge in [-0.2, -0.15) is 46.4 Å². The van der Waals surface area contributed by atoms with Gasteiger partial charge >= 0.3 is 0 Å². The number of isocyanates is 2. The minimum Gasteiger partial charge on any atom is -0.319 e. The van der Waals surface area contributed by atoms with E-state index in [4.69, 9.17) is 0 Å². The van der Waals surface area contributed by atoms with Crippen LogP contribution in [-0.2, 0) is 75.0 Å². The average molecular weight is 490 g/mol. The van der Waals surface area contributed by atoms with E-state index in [0.717, 1.165) is 0 Å². The maximum absolute atomic E-state index is 9.67. The molecule has 0 N–H and O–H groups in total. The van der Waals surface area contributed by atoms with E-state index in [2.05, 4.69) is 34.3 Å².